The highest BCUT2D eigenvalue weighted by atomic mass is 32.2. The third-order valence-corrected chi connectivity index (χ3v) is 8.21. The van der Waals surface area contributed by atoms with Crippen LogP contribution in [0.4, 0.5) is 10.5 Å². The van der Waals surface area contributed by atoms with Crippen LogP contribution in [0.2, 0.25) is 0 Å². The van der Waals surface area contributed by atoms with Crippen molar-refractivity contribution in [1.82, 2.24) is 5.32 Å². The van der Waals surface area contributed by atoms with Gasteiger partial charge in [0, 0.05) is 12.8 Å². The van der Waals surface area contributed by atoms with Gasteiger partial charge in [0.2, 0.25) is 0 Å². The molecule has 1 unspecified atom stereocenters. The maximum atomic E-state index is 13.7. The average Bonchev–Trinajstić information content (AvgIpc) is 3.20. The number of ether oxygens (including phenoxy) is 2. The van der Waals surface area contributed by atoms with Crippen molar-refractivity contribution in [3.8, 4) is 5.75 Å². The molecule has 1 heterocycles. The van der Waals surface area contributed by atoms with Gasteiger partial charge < -0.3 is 14.8 Å². The molecule has 0 radical (unpaired) electrons. The number of alkyl carbamates (subject to hydrolysis) is 1. The number of hydrogen-bond donors (Lipinski definition) is 2. The van der Waals surface area contributed by atoms with E-state index in [2.05, 4.69) is 5.32 Å². The SMILES string of the molecule is CCc1ccc(N(CC(C)C)S(=O)(=O)c2ccc(OC[C@H]3CNC(=O)O3)c(S(C)(=N)=O)c2)cc1. The van der Waals surface area contributed by atoms with Gasteiger partial charge >= 0.3 is 6.09 Å². The minimum atomic E-state index is -4.02. The number of hydrogen-bond acceptors (Lipinski definition) is 7. The summed E-state index contributed by atoms with van der Waals surface area (Å²) in [5.41, 5.74) is 1.63. The highest BCUT2D eigenvalue weighted by Crippen LogP contribution is 2.31. The first-order chi connectivity index (χ1) is 15.9. The number of benzene rings is 2. The fraction of sp³-hybridized carbons (Fsp3) is 0.435. The monoisotopic (exact) mass is 509 g/mol. The Labute approximate surface area is 201 Å². The first-order valence-electron chi connectivity index (χ1n) is 11.0. The van der Waals surface area contributed by atoms with E-state index in [0.717, 1.165) is 12.0 Å². The lowest BCUT2D eigenvalue weighted by atomic mass is 10.1. The molecule has 0 bridgehead atoms. The zero-order valence-corrected chi connectivity index (χ0v) is 21.4. The Hall–Kier alpha value is -2.79. The molecule has 186 valence electrons. The van der Waals surface area contributed by atoms with Gasteiger partial charge in [0.05, 0.1) is 31.8 Å². The molecule has 2 aromatic rings. The van der Waals surface area contributed by atoms with Crippen LogP contribution in [0.15, 0.2) is 52.3 Å². The summed E-state index contributed by atoms with van der Waals surface area (Å²) in [5, 5.41) is 2.51. The number of amides is 1. The Morgan fingerprint density at radius 3 is 2.38 bits per heavy atom. The van der Waals surface area contributed by atoms with Crippen molar-refractivity contribution in [2.24, 2.45) is 5.92 Å². The third kappa shape index (κ3) is 6.01. The van der Waals surface area contributed by atoms with Crippen LogP contribution in [0, 0.1) is 10.7 Å². The largest absolute Gasteiger partial charge is 0.488 e. The van der Waals surface area contributed by atoms with Gasteiger partial charge in [0.1, 0.15) is 12.4 Å². The van der Waals surface area contributed by atoms with Crippen LogP contribution in [-0.2, 0) is 30.9 Å². The maximum absolute atomic E-state index is 13.7. The number of carbonyl (C=O) groups is 1. The lowest BCUT2D eigenvalue weighted by Crippen LogP contribution is -2.34. The van der Waals surface area contributed by atoms with Crippen molar-refractivity contribution in [2.45, 2.75) is 43.1 Å². The van der Waals surface area contributed by atoms with Gasteiger partial charge in [-0.1, -0.05) is 32.9 Å². The number of cyclic esters (lactones) is 1. The summed E-state index contributed by atoms with van der Waals surface area (Å²) in [6.07, 6.45) is 0.965. The van der Waals surface area contributed by atoms with E-state index in [1.54, 1.807) is 12.1 Å². The third-order valence-electron chi connectivity index (χ3n) is 5.26. The first kappa shape index (κ1) is 25.8. The second-order valence-electron chi connectivity index (χ2n) is 8.62. The predicted molar refractivity (Wildman–Crippen MR) is 130 cm³/mol. The Bertz CT molecular complexity index is 1240. The van der Waals surface area contributed by atoms with E-state index in [9.17, 15) is 17.4 Å². The summed E-state index contributed by atoms with van der Waals surface area (Å²) < 4.78 is 60.2. The topological polar surface area (TPSA) is 126 Å². The Morgan fingerprint density at radius 2 is 1.85 bits per heavy atom. The number of nitrogens with zero attached hydrogens (tertiary/aromatic N) is 1. The van der Waals surface area contributed by atoms with Crippen LogP contribution >= 0.6 is 0 Å². The summed E-state index contributed by atoms with van der Waals surface area (Å²) in [6.45, 7) is 6.39. The van der Waals surface area contributed by atoms with Crippen LogP contribution in [0.25, 0.3) is 0 Å². The van der Waals surface area contributed by atoms with E-state index in [-0.39, 0.29) is 41.2 Å². The standard InChI is InChI=1S/C23H31N3O6S2/c1-5-17-6-8-18(9-7-17)26(14-16(2)3)34(29,30)20-10-11-21(22(12-20)33(4,24)28)31-15-19-13-25-23(27)32-19/h6-12,16,19,24H,5,13-15H2,1-4H3,(H,25,27)/t19-,33?/m1/s1. The number of anilines is 1. The highest BCUT2D eigenvalue weighted by molar-refractivity contribution is 7.93. The number of nitrogens with one attached hydrogen (secondary N) is 2. The molecule has 0 saturated carbocycles. The van der Waals surface area contributed by atoms with E-state index in [1.807, 2.05) is 32.9 Å². The lowest BCUT2D eigenvalue weighted by Gasteiger charge is -2.27. The molecule has 1 aliphatic rings. The summed E-state index contributed by atoms with van der Waals surface area (Å²) >= 11 is 0. The molecule has 2 atom stereocenters. The molecular weight excluding hydrogens is 478 g/mol. The fourth-order valence-corrected chi connectivity index (χ4v) is 6.07. The van der Waals surface area contributed by atoms with E-state index in [0.29, 0.717) is 5.69 Å². The normalized spacial score (nSPS) is 17.7. The van der Waals surface area contributed by atoms with E-state index in [1.165, 1.54) is 28.8 Å². The molecule has 0 aliphatic carbocycles. The van der Waals surface area contributed by atoms with Crippen LogP contribution in [-0.4, -0.2) is 50.8 Å². The Morgan fingerprint density at radius 1 is 1.18 bits per heavy atom. The summed E-state index contributed by atoms with van der Waals surface area (Å²) in [6, 6.07) is 11.4. The minimum Gasteiger partial charge on any atom is -0.488 e. The Balaban J connectivity index is 1.98. The number of sulfonamides is 1. The molecule has 2 aromatic carbocycles. The van der Waals surface area contributed by atoms with Gasteiger partial charge in [0.15, 0.2) is 6.10 Å². The van der Waals surface area contributed by atoms with Crippen LogP contribution < -0.4 is 14.4 Å². The summed E-state index contributed by atoms with van der Waals surface area (Å²) in [4.78, 5) is 11.1. The van der Waals surface area contributed by atoms with Gasteiger partial charge in [-0.05, 0) is 48.2 Å². The van der Waals surface area contributed by atoms with Gasteiger partial charge in [-0.25, -0.2) is 22.2 Å². The minimum absolute atomic E-state index is 0.0173. The van der Waals surface area contributed by atoms with Crippen molar-refractivity contribution in [3.63, 3.8) is 0 Å². The van der Waals surface area contributed by atoms with Crippen molar-refractivity contribution in [2.75, 3.05) is 30.3 Å². The quantitative estimate of drug-likeness (QED) is 0.504. The molecule has 0 aromatic heterocycles. The smallest absolute Gasteiger partial charge is 0.407 e. The molecule has 11 heteroatoms. The second kappa shape index (κ2) is 10.2. The molecule has 34 heavy (non-hydrogen) atoms. The maximum Gasteiger partial charge on any atom is 0.407 e. The zero-order valence-electron chi connectivity index (χ0n) is 19.7. The number of carbonyl (C=O) groups excluding carboxylic acids is 1. The molecule has 1 fully saturated rings. The molecule has 1 amide bonds. The summed E-state index contributed by atoms with van der Waals surface area (Å²) in [5.74, 6) is 0.170. The number of aryl methyl sites for hydroxylation is 1. The molecule has 2 N–H and O–H groups in total. The van der Waals surface area contributed by atoms with Crippen LogP contribution in [0.3, 0.4) is 0 Å². The van der Waals surface area contributed by atoms with E-state index < -0.39 is 31.9 Å². The van der Waals surface area contributed by atoms with E-state index in [4.69, 9.17) is 14.3 Å². The van der Waals surface area contributed by atoms with Gasteiger partial charge in [-0.15, -0.1) is 0 Å². The predicted octanol–water partition coefficient (Wildman–Crippen LogP) is 3.62. The van der Waals surface area contributed by atoms with Gasteiger partial charge in [0.25, 0.3) is 10.0 Å². The van der Waals surface area contributed by atoms with Crippen molar-refractivity contribution < 1.29 is 26.9 Å². The molecular formula is C23H31N3O6S2. The van der Waals surface area contributed by atoms with Crippen molar-refractivity contribution in [1.29, 1.82) is 4.78 Å². The highest BCUT2D eigenvalue weighted by Gasteiger charge is 2.29. The van der Waals surface area contributed by atoms with Gasteiger partial charge in [-0.3, -0.25) is 4.31 Å². The molecule has 1 aliphatic heterocycles. The molecule has 3 rings (SSSR count). The number of rotatable bonds is 10. The van der Waals surface area contributed by atoms with Crippen LogP contribution in [0.5, 0.6) is 5.75 Å². The second-order valence-corrected chi connectivity index (χ2v) is 12.6. The van der Waals surface area contributed by atoms with Crippen molar-refractivity contribution in [3.05, 3.63) is 48.0 Å². The fourth-order valence-electron chi connectivity index (χ4n) is 3.48. The van der Waals surface area contributed by atoms with Crippen molar-refractivity contribution >= 4 is 31.5 Å². The first-order valence-corrected chi connectivity index (χ1v) is 14.4. The zero-order chi connectivity index (χ0) is 25.1. The van der Waals surface area contributed by atoms with Gasteiger partial charge in [-0.2, -0.15) is 0 Å². The molecule has 1 saturated heterocycles. The summed E-state index contributed by atoms with van der Waals surface area (Å²) in [7, 11) is -7.34. The molecule has 9 nitrogen and oxygen atoms in total. The molecule has 0 spiro atoms. The van der Waals surface area contributed by atoms with E-state index >= 15 is 0 Å². The Kier molecular flexibility index (Phi) is 7.77. The lowest BCUT2D eigenvalue weighted by molar-refractivity contribution is 0.103. The average molecular weight is 510 g/mol. The van der Waals surface area contributed by atoms with Crippen LogP contribution in [0.1, 0.15) is 26.3 Å².